The maximum atomic E-state index is 11.8. The number of rotatable bonds is 8. The standard InChI is InChI=1S/C21H24N2O4/c1-4-26-21(25)18-9-11-19(12-10-18)27-14-20(24)23-22-13-16-5-7-17(8-6-16)15(2)3/h5-13,15H,4,14H2,1-3H3,(H,23,24)/b22-13+. The Balaban J connectivity index is 1.78. The van der Waals surface area contributed by atoms with E-state index < -0.39 is 5.97 Å². The smallest absolute Gasteiger partial charge is 0.338 e. The zero-order chi connectivity index (χ0) is 19.6. The van der Waals surface area contributed by atoms with Gasteiger partial charge in [-0.1, -0.05) is 38.1 Å². The summed E-state index contributed by atoms with van der Waals surface area (Å²) in [5.41, 5.74) is 5.00. The van der Waals surface area contributed by atoms with E-state index in [1.54, 1.807) is 37.4 Å². The average Bonchev–Trinajstić information content (AvgIpc) is 2.67. The highest BCUT2D eigenvalue weighted by Gasteiger charge is 2.07. The number of nitrogens with one attached hydrogen (secondary N) is 1. The molecule has 0 fully saturated rings. The van der Waals surface area contributed by atoms with Crippen LogP contribution in [0.2, 0.25) is 0 Å². The minimum atomic E-state index is -0.391. The quantitative estimate of drug-likeness (QED) is 0.439. The van der Waals surface area contributed by atoms with Crippen molar-refractivity contribution in [2.75, 3.05) is 13.2 Å². The summed E-state index contributed by atoms with van der Waals surface area (Å²) in [6.45, 7) is 6.15. The van der Waals surface area contributed by atoms with Gasteiger partial charge >= 0.3 is 5.97 Å². The number of benzene rings is 2. The van der Waals surface area contributed by atoms with E-state index in [0.29, 0.717) is 23.8 Å². The van der Waals surface area contributed by atoms with Crippen molar-refractivity contribution in [3.63, 3.8) is 0 Å². The summed E-state index contributed by atoms with van der Waals surface area (Å²) in [7, 11) is 0. The molecule has 0 atom stereocenters. The molecule has 1 amide bonds. The molecule has 0 heterocycles. The number of hydrogen-bond acceptors (Lipinski definition) is 5. The zero-order valence-corrected chi connectivity index (χ0v) is 15.8. The molecule has 0 aliphatic carbocycles. The molecule has 0 spiro atoms. The van der Waals surface area contributed by atoms with Gasteiger partial charge in [0.05, 0.1) is 18.4 Å². The van der Waals surface area contributed by atoms with Crippen LogP contribution in [0.3, 0.4) is 0 Å². The molecular formula is C21H24N2O4. The van der Waals surface area contributed by atoms with E-state index in [1.807, 2.05) is 24.3 Å². The molecule has 0 aliphatic heterocycles. The molecule has 0 aromatic heterocycles. The second-order valence-electron chi connectivity index (χ2n) is 6.15. The second kappa shape index (κ2) is 10.1. The molecule has 2 rings (SSSR count). The molecule has 2 aromatic carbocycles. The van der Waals surface area contributed by atoms with Crippen molar-refractivity contribution in [3.8, 4) is 5.75 Å². The third-order valence-electron chi connectivity index (χ3n) is 3.74. The predicted molar refractivity (Wildman–Crippen MR) is 104 cm³/mol. The lowest BCUT2D eigenvalue weighted by molar-refractivity contribution is -0.123. The van der Waals surface area contributed by atoms with Crippen LogP contribution in [0, 0.1) is 0 Å². The Hall–Kier alpha value is -3.15. The fourth-order valence-corrected chi connectivity index (χ4v) is 2.23. The molecule has 0 saturated carbocycles. The largest absolute Gasteiger partial charge is 0.484 e. The molecule has 0 aliphatic rings. The first-order valence-corrected chi connectivity index (χ1v) is 8.81. The van der Waals surface area contributed by atoms with Gasteiger partial charge in [0.15, 0.2) is 6.61 Å². The van der Waals surface area contributed by atoms with Crippen molar-refractivity contribution in [1.29, 1.82) is 0 Å². The van der Waals surface area contributed by atoms with Crippen LogP contribution in [0.25, 0.3) is 0 Å². The fraction of sp³-hybridized carbons (Fsp3) is 0.286. The monoisotopic (exact) mass is 368 g/mol. The van der Waals surface area contributed by atoms with Gasteiger partial charge in [0.2, 0.25) is 0 Å². The van der Waals surface area contributed by atoms with Gasteiger partial charge in [-0.15, -0.1) is 0 Å². The summed E-state index contributed by atoms with van der Waals surface area (Å²) in [6, 6.07) is 14.4. The summed E-state index contributed by atoms with van der Waals surface area (Å²) in [6.07, 6.45) is 1.58. The molecule has 0 radical (unpaired) electrons. The lowest BCUT2D eigenvalue weighted by Crippen LogP contribution is -2.24. The van der Waals surface area contributed by atoms with Crippen LogP contribution in [-0.2, 0) is 9.53 Å². The van der Waals surface area contributed by atoms with Crippen LogP contribution < -0.4 is 10.2 Å². The highest BCUT2D eigenvalue weighted by molar-refractivity contribution is 5.89. The van der Waals surface area contributed by atoms with Crippen LogP contribution in [0.4, 0.5) is 0 Å². The van der Waals surface area contributed by atoms with Crippen LogP contribution in [0.15, 0.2) is 53.6 Å². The lowest BCUT2D eigenvalue weighted by atomic mass is 10.0. The van der Waals surface area contributed by atoms with E-state index in [0.717, 1.165) is 5.56 Å². The van der Waals surface area contributed by atoms with Gasteiger partial charge in [-0.05, 0) is 48.2 Å². The topological polar surface area (TPSA) is 77.0 Å². The number of hydrazone groups is 1. The highest BCUT2D eigenvalue weighted by atomic mass is 16.5. The minimum absolute atomic E-state index is 0.178. The van der Waals surface area contributed by atoms with Gasteiger partial charge in [0.1, 0.15) is 5.75 Å². The summed E-state index contributed by atoms with van der Waals surface area (Å²) in [5.74, 6) is 0.183. The summed E-state index contributed by atoms with van der Waals surface area (Å²) < 4.78 is 10.3. The van der Waals surface area contributed by atoms with Crippen LogP contribution in [0.1, 0.15) is 48.2 Å². The summed E-state index contributed by atoms with van der Waals surface area (Å²) >= 11 is 0. The number of amides is 1. The Labute approximate surface area is 159 Å². The van der Waals surface area contributed by atoms with E-state index in [4.69, 9.17) is 9.47 Å². The van der Waals surface area contributed by atoms with Crippen molar-refractivity contribution in [2.45, 2.75) is 26.7 Å². The molecule has 0 unspecified atom stereocenters. The predicted octanol–water partition coefficient (Wildman–Crippen LogP) is 3.52. The number of esters is 1. The molecule has 27 heavy (non-hydrogen) atoms. The molecule has 0 saturated heterocycles. The van der Waals surface area contributed by atoms with Gasteiger partial charge in [0, 0.05) is 0 Å². The minimum Gasteiger partial charge on any atom is -0.484 e. The van der Waals surface area contributed by atoms with Gasteiger partial charge in [-0.3, -0.25) is 4.79 Å². The molecule has 142 valence electrons. The maximum absolute atomic E-state index is 11.8. The lowest BCUT2D eigenvalue weighted by Gasteiger charge is -2.06. The number of hydrogen-bond donors (Lipinski definition) is 1. The summed E-state index contributed by atoms with van der Waals surface area (Å²) in [5, 5.41) is 3.92. The van der Waals surface area contributed by atoms with E-state index in [1.165, 1.54) is 5.56 Å². The molecule has 2 aromatic rings. The van der Waals surface area contributed by atoms with Gasteiger partial charge in [0.25, 0.3) is 5.91 Å². The normalized spacial score (nSPS) is 10.8. The van der Waals surface area contributed by atoms with Gasteiger partial charge in [-0.25, -0.2) is 10.2 Å². The highest BCUT2D eigenvalue weighted by Crippen LogP contribution is 2.14. The number of carbonyl (C=O) groups is 2. The van der Waals surface area contributed by atoms with Crippen molar-refractivity contribution < 1.29 is 19.1 Å². The van der Waals surface area contributed by atoms with Gasteiger partial charge < -0.3 is 9.47 Å². The molecule has 0 bridgehead atoms. The Bertz CT molecular complexity index is 781. The number of carbonyl (C=O) groups excluding carboxylic acids is 2. The average molecular weight is 368 g/mol. The Morgan fingerprint density at radius 3 is 2.33 bits per heavy atom. The summed E-state index contributed by atoms with van der Waals surface area (Å²) in [4.78, 5) is 23.4. The van der Waals surface area contributed by atoms with E-state index in [2.05, 4.69) is 24.4 Å². The Kier molecular flexibility index (Phi) is 7.55. The van der Waals surface area contributed by atoms with E-state index >= 15 is 0 Å². The zero-order valence-electron chi connectivity index (χ0n) is 15.8. The first-order chi connectivity index (χ1) is 13.0. The number of ether oxygens (including phenoxy) is 2. The molecule has 6 nitrogen and oxygen atoms in total. The van der Waals surface area contributed by atoms with Crippen molar-refractivity contribution in [3.05, 3.63) is 65.2 Å². The van der Waals surface area contributed by atoms with E-state index in [-0.39, 0.29) is 12.5 Å². The van der Waals surface area contributed by atoms with Crippen LogP contribution in [-0.4, -0.2) is 31.3 Å². The SMILES string of the molecule is CCOC(=O)c1ccc(OCC(=O)N/N=C/c2ccc(C(C)C)cc2)cc1. The fourth-order valence-electron chi connectivity index (χ4n) is 2.23. The van der Waals surface area contributed by atoms with Crippen LogP contribution in [0.5, 0.6) is 5.75 Å². The third-order valence-corrected chi connectivity index (χ3v) is 3.74. The molecule has 6 heteroatoms. The van der Waals surface area contributed by atoms with Crippen molar-refractivity contribution >= 4 is 18.1 Å². The van der Waals surface area contributed by atoms with Crippen LogP contribution >= 0.6 is 0 Å². The Morgan fingerprint density at radius 2 is 1.74 bits per heavy atom. The first-order valence-electron chi connectivity index (χ1n) is 8.81. The number of nitrogens with zero attached hydrogens (tertiary/aromatic N) is 1. The molecular weight excluding hydrogens is 344 g/mol. The van der Waals surface area contributed by atoms with Crippen molar-refractivity contribution in [1.82, 2.24) is 5.43 Å². The van der Waals surface area contributed by atoms with E-state index in [9.17, 15) is 9.59 Å². The molecule has 1 N–H and O–H groups in total. The van der Waals surface area contributed by atoms with Crippen molar-refractivity contribution in [2.24, 2.45) is 5.10 Å². The first kappa shape index (κ1) is 20.2. The third kappa shape index (κ3) is 6.58. The second-order valence-corrected chi connectivity index (χ2v) is 6.15. The Morgan fingerprint density at radius 1 is 1.07 bits per heavy atom. The van der Waals surface area contributed by atoms with Gasteiger partial charge in [-0.2, -0.15) is 5.10 Å². The maximum Gasteiger partial charge on any atom is 0.338 e.